The summed E-state index contributed by atoms with van der Waals surface area (Å²) in [4.78, 5) is 57.5. The fraction of sp³-hybridized carbons (Fsp3) is 0.321. The average Bonchev–Trinajstić information content (AvgIpc) is 2.92. The zero-order valence-electron chi connectivity index (χ0n) is 21.8. The number of fused-ring (bicyclic) bond motifs is 3. The Morgan fingerprint density at radius 1 is 1.08 bits per heavy atom. The van der Waals surface area contributed by atoms with Crippen molar-refractivity contribution in [3.63, 3.8) is 0 Å². The number of amides is 4. The summed E-state index contributed by atoms with van der Waals surface area (Å²) in [5, 5.41) is 19.0. The summed E-state index contributed by atoms with van der Waals surface area (Å²) in [6, 6.07) is 14.3. The highest BCUT2D eigenvalue weighted by Gasteiger charge is 2.27. The molecule has 39 heavy (non-hydrogen) atoms. The maximum Gasteiger partial charge on any atom is 0.273 e. The first-order chi connectivity index (χ1) is 18.7. The minimum Gasteiger partial charge on any atom is -0.491 e. The van der Waals surface area contributed by atoms with E-state index in [4.69, 9.17) is 4.74 Å². The molecule has 3 aromatic rings. The van der Waals surface area contributed by atoms with Crippen LogP contribution < -0.4 is 20.7 Å². The van der Waals surface area contributed by atoms with Crippen LogP contribution in [0.25, 0.3) is 10.9 Å². The predicted molar refractivity (Wildman–Crippen MR) is 143 cm³/mol. The molecule has 2 heterocycles. The topological polar surface area (TPSA) is 150 Å². The number of hydrogen-bond donors (Lipinski definition) is 4. The molecule has 204 valence electrons. The molecule has 2 atom stereocenters. The molecule has 0 saturated carbocycles. The van der Waals surface area contributed by atoms with Gasteiger partial charge in [0, 0.05) is 24.0 Å². The summed E-state index contributed by atoms with van der Waals surface area (Å²) in [5.41, 5.74) is 1.83. The predicted octanol–water partition coefficient (Wildman–Crippen LogP) is 0.790. The lowest BCUT2D eigenvalue weighted by molar-refractivity contribution is -0.125. The third kappa shape index (κ3) is 6.88. The number of benzene rings is 2. The second kappa shape index (κ2) is 12.4. The van der Waals surface area contributed by atoms with Crippen molar-refractivity contribution in [2.75, 3.05) is 32.8 Å². The van der Waals surface area contributed by atoms with Crippen LogP contribution in [-0.4, -0.2) is 83.6 Å². The van der Waals surface area contributed by atoms with Crippen LogP contribution in [0.2, 0.25) is 0 Å². The number of aliphatic hydroxyl groups is 1. The molecule has 0 unspecified atom stereocenters. The molecule has 11 heteroatoms. The van der Waals surface area contributed by atoms with Gasteiger partial charge in [0.2, 0.25) is 11.8 Å². The SMILES string of the molecule is Cc1ccc2cc1OCCNC(=O)CN(C(=O)c1ccc3ccccc3n1)CCNC(=O)[C@H]([C@@H](C)O)NC2=O. The Labute approximate surface area is 225 Å². The fourth-order valence-electron chi connectivity index (χ4n) is 4.13. The summed E-state index contributed by atoms with van der Waals surface area (Å²) in [6.45, 7) is 3.21. The van der Waals surface area contributed by atoms with Crippen LogP contribution in [0.4, 0.5) is 0 Å². The molecule has 4 rings (SSSR count). The number of aromatic nitrogens is 1. The normalized spacial score (nSPS) is 18.3. The van der Waals surface area contributed by atoms with Crippen molar-refractivity contribution < 1.29 is 29.0 Å². The number of aliphatic hydroxyl groups excluding tert-OH is 1. The van der Waals surface area contributed by atoms with Crippen molar-refractivity contribution in [1.82, 2.24) is 25.8 Å². The van der Waals surface area contributed by atoms with E-state index in [2.05, 4.69) is 20.9 Å². The molecule has 11 nitrogen and oxygen atoms in total. The molecule has 1 aliphatic rings. The molecular formula is C28H31N5O6. The molecule has 4 amide bonds. The highest BCUT2D eigenvalue weighted by molar-refractivity contribution is 5.98. The van der Waals surface area contributed by atoms with Gasteiger partial charge in [0.25, 0.3) is 11.8 Å². The zero-order valence-corrected chi connectivity index (χ0v) is 21.8. The monoisotopic (exact) mass is 533 g/mol. The van der Waals surface area contributed by atoms with Gasteiger partial charge in [-0.2, -0.15) is 0 Å². The van der Waals surface area contributed by atoms with Crippen molar-refractivity contribution in [2.45, 2.75) is 26.0 Å². The summed E-state index contributed by atoms with van der Waals surface area (Å²) in [7, 11) is 0. The average molecular weight is 534 g/mol. The number of para-hydroxylation sites is 1. The van der Waals surface area contributed by atoms with Gasteiger partial charge in [-0.05, 0) is 43.7 Å². The lowest BCUT2D eigenvalue weighted by Gasteiger charge is -2.24. The number of aryl methyl sites for hydroxylation is 1. The van der Waals surface area contributed by atoms with Crippen molar-refractivity contribution in [2.24, 2.45) is 0 Å². The number of ether oxygens (including phenoxy) is 1. The zero-order chi connectivity index (χ0) is 27.9. The molecule has 1 aliphatic heterocycles. The lowest BCUT2D eigenvalue weighted by Crippen LogP contribution is -2.53. The Morgan fingerprint density at radius 3 is 2.67 bits per heavy atom. The highest BCUT2D eigenvalue weighted by Crippen LogP contribution is 2.20. The highest BCUT2D eigenvalue weighted by atomic mass is 16.5. The van der Waals surface area contributed by atoms with Crippen molar-refractivity contribution in [3.05, 3.63) is 71.4 Å². The van der Waals surface area contributed by atoms with Gasteiger partial charge in [0.1, 0.15) is 24.1 Å². The minimum atomic E-state index is -1.24. The molecule has 0 radical (unpaired) electrons. The second-order valence-electron chi connectivity index (χ2n) is 9.28. The van der Waals surface area contributed by atoms with Gasteiger partial charge in [-0.25, -0.2) is 4.98 Å². The van der Waals surface area contributed by atoms with E-state index < -0.39 is 35.8 Å². The van der Waals surface area contributed by atoms with Crippen LogP contribution in [-0.2, 0) is 9.59 Å². The van der Waals surface area contributed by atoms with Crippen LogP contribution >= 0.6 is 0 Å². The Bertz CT molecular complexity index is 1390. The number of pyridine rings is 1. The summed E-state index contributed by atoms with van der Waals surface area (Å²) < 4.78 is 5.77. The van der Waals surface area contributed by atoms with Gasteiger partial charge in [0.15, 0.2) is 0 Å². The van der Waals surface area contributed by atoms with Crippen molar-refractivity contribution in [3.8, 4) is 5.75 Å². The third-order valence-corrected chi connectivity index (χ3v) is 6.30. The molecule has 0 fully saturated rings. The molecular weight excluding hydrogens is 502 g/mol. The van der Waals surface area contributed by atoms with E-state index in [9.17, 15) is 24.3 Å². The van der Waals surface area contributed by atoms with E-state index in [0.29, 0.717) is 11.3 Å². The summed E-state index contributed by atoms with van der Waals surface area (Å²) in [5.74, 6) is -1.64. The quantitative estimate of drug-likeness (QED) is 0.380. The molecule has 1 aromatic heterocycles. The first kappa shape index (κ1) is 27.5. The van der Waals surface area contributed by atoms with E-state index >= 15 is 0 Å². The summed E-state index contributed by atoms with van der Waals surface area (Å²) in [6.07, 6.45) is -1.19. The van der Waals surface area contributed by atoms with Crippen LogP contribution in [0, 0.1) is 6.92 Å². The van der Waals surface area contributed by atoms with E-state index in [1.807, 2.05) is 25.1 Å². The van der Waals surface area contributed by atoms with Gasteiger partial charge < -0.3 is 30.7 Å². The third-order valence-electron chi connectivity index (χ3n) is 6.30. The number of hydrogen-bond acceptors (Lipinski definition) is 7. The lowest BCUT2D eigenvalue weighted by atomic mass is 10.1. The number of rotatable bonds is 2. The Morgan fingerprint density at radius 2 is 1.87 bits per heavy atom. The maximum absolute atomic E-state index is 13.4. The van der Waals surface area contributed by atoms with E-state index in [1.165, 1.54) is 11.8 Å². The van der Waals surface area contributed by atoms with Crippen LogP contribution in [0.1, 0.15) is 33.3 Å². The van der Waals surface area contributed by atoms with Gasteiger partial charge >= 0.3 is 0 Å². The molecule has 2 aromatic carbocycles. The van der Waals surface area contributed by atoms with E-state index in [1.54, 1.807) is 36.4 Å². The standard InChI is InChI=1S/C28H31N5O6/c1-17-7-8-20-15-23(17)39-14-12-29-24(35)16-33(13-11-30-27(37)25(18(2)34)32-26(20)36)28(38)22-10-9-19-5-3-4-6-21(19)31-22/h3-10,15,18,25,34H,11-14,16H2,1-2H3,(H,29,35)(H,30,37)(H,32,36)/t18-,25+/m1/s1. The largest absolute Gasteiger partial charge is 0.491 e. The van der Waals surface area contributed by atoms with Crippen molar-refractivity contribution >= 4 is 34.5 Å². The van der Waals surface area contributed by atoms with E-state index in [0.717, 1.165) is 10.9 Å². The van der Waals surface area contributed by atoms with Gasteiger partial charge in [0.05, 0.1) is 24.7 Å². The van der Waals surface area contributed by atoms with Gasteiger partial charge in [-0.1, -0.05) is 30.3 Å². The van der Waals surface area contributed by atoms with Crippen LogP contribution in [0.5, 0.6) is 5.75 Å². The molecule has 4 N–H and O–H groups in total. The molecule has 0 spiro atoms. The Kier molecular flexibility index (Phi) is 8.72. The number of nitrogens with one attached hydrogen (secondary N) is 3. The van der Waals surface area contributed by atoms with Gasteiger partial charge in [-0.15, -0.1) is 0 Å². The Hall–Kier alpha value is -4.51. The summed E-state index contributed by atoms with van der Waals surface area (Å²) >= 11 is 0. The molecule has 2 bridgehead atoms. The van der Waals surface area contributed by atoms with Gasteiger partial charge in [-0.3, -0.25) is 19.2 Å². The second-order valence-corrected chi connectivity index (χ2v) is 9.28. The van der Waals surface area contributed by atoms with E-state index in [-0.39, 0.29) is 44.0 Å². The smallest absolute Gasteiger partial charge is 0.273 e. The Balaban J connectivity index is 1.56. The minimum absolute atomic E-state index is 0.0105. The van der Waals surface area contributed by atoms with Crippen LogP contribution in [0.3, 0.4) is 0 Å². The molecule has 0 saturated heterocycles. The van der Waals surface area contributed by atoms with Crippen LogP contribution in [0.15, 0.2) is 54.6 Å². The maximum atomic E-state index is 13.4. The number of carbonyl (C=O) groups is 4. The fourth-order valence-corrected chi connectivity index (χ4v) is 4.13. The van der Waals surface area contributed by atoms with Crippen molar-refractivity contribution in [1.29, 1.82) is 0 Å². The molecule has 0 aliphatic carbocycles. The number of carbonyl (C=O) groups excluding carboxylic acids is 4. The number of nitrogens with zero attached hydrogens (tertiary/aromatic N) is 2. The first-order valence-electron chi connectivity index (χ1n) is 12.6. The first-order valence-corrected chi connectivity index (χ1v) is 12.6.